The molecule has 1 aliphatic rings. The predicted molar refractivity (Wildman–Crippen MR) is 90.5 cm³/mol. The molecular formula is C17H23N5O. The second-order valence-corrected chi connectivity index (χ2v) is 5.66. The summed E-state index contributed by atoms with van der Waals surface area (Å²) < 4.78 is 5.62. The Labute approximate surface area is 136 Å². The smallest absolute Gasteiger partial charge is 0.247 e. The number of hydrogen-bond donors (Lipinski definition) is 1. The molecule has 1 aromatic heterocycles. The average Bonchev–Trinajstić information content (AvgIpc) is 3.12. The highest BCUT2D eigenvalue weighted by Gasteiger charge is 2.16. The van der Waals surface area contributed by atoms with Crippen molar-refractivity contribution < 1.29 is 4.74 Å². The lowest BCUT2D eigenvalue weighted by Gasteiger charge is -2.21. The Hall–Kier alpha value is -2.21. The van der Waals surface area contributed by atoms with Gasteiger partial charge in [-0.1, -0.05) is 30.3 Å². The quantitative estimate of drug-likeness (QED) is 0.847. The van der Waals surface area contributed by atoms with Crippen molar-refractivity contribution in [1.82, 2.24) is 15.2 Å². The fourth-order valence-electron chi connectivity index (χ4n) is 2.66. The van der Waals surface area contributed by atoms with E-state index in [1.165, 1.54) is 5.56 Å². The third-order valence-electron chi connectivity index (χ3n) is 3.96. The zero-order valence-electron chi connectivity index (χ0n) is 13.5. The SMILES string of the molecule is CCN(Cc1ccccc1)c1nncc(NCC2CCCO2)n1. The van der Waals surface area contributed by atoms with Gasteiger partial charge in [0, 0.05) is 26.2 Å². The summed E-state index contributed by atoms with van der Waals surface area (Å²) in [5.74, 6) is 1.39. The van der Waals surface area contributed by atoms with Gasteiger partial charge in [-0.05, 0) is 25.3 Å². The van der Waals surface area contributed by atoms with Gasteiger partial charge in [0.25, 0.3) is 0 Å². The number of benzene rings is 1. The van der Waals surface area contributed by atoms with Crippen LogP contribution in [0.5, 0.6) is 0 Å². The molecule has 0 bridgehead atoms. The Balaban J connectivity index is 1.64. The largest absolute Gasteiger partial charge is 0.376 e. The summed E-state index contributed by atoms with van der Waals surface area (Å²) in [4.78, 5) is 6.70. The molecule has 122 valence electrons. The number of nitrogens with zero attached hydrogens (tertiary/aromatic N) is 4. The fraction of sp³-hybridized carbons (Fsp3) is 0.471. The van der Waals surface area contributed by atoms with Crippen molar-refractivity contribution in [1.29, 1.82) is 0 Å². The first-order valence-electron chi connectivity index (χ1n) is 8.19. The number of rotatable bonds is 7. The van der Waals surface area contributed by atoms with Crippen molar-refractivity contribution in [2.75, 3.05) is 29.9 Å². The van der Waals surface area contributed by atoms with Crippen LogP contribution in [0.25, 0.3) is 0 Å². The Bertz CT molecular complexity index is 601. The van der Waals surface area contributed by atoms with Gasteiger partial charge in [0.2, 0.25) is 5.95 Å². The predicted octanol–water partition coefficient (Wildman–Crippen LogP) is 2.49. The first-order valence-corrected chi connectivity index (χ1v) is 8.19. The molecule has 6 nitrogen and oxygen atoms in total. The van der Waals surface area contributed by atoms with Crippen LogP contribution in [-0.4, -0.2) is 41.0 Å². The van der Waals surface area contributed by atoms with Gasteiger partial charge in [-0.15, -0.1) is 5.10 Å². The van der Waals surface area contributed by atoms with Gasteiger partial charge < -0.3 is 15.0 Å². The molecule has 6 heteroatoms. The van der Waals surface area contributed by atoms with Crippen LogP contribution in [-0.2, 0) is 11.3 Å². The molecular weight excluding hydrogens is 290 g/mol. The zero-order chi connectivity index (χ0) is 15.9. The first-order chi connectivity index (χ1) is 11.3. The van der Waals surface area contributed by atoms with Crippen LogP contribution in [0.2, 0.25) is 0 Å². The van der Waals surface area contributed by atoms with Crippen LogP contribution in [0.1, 0.15) is 25.3 Å². The molecule has 1 unspecified atom stereocenters. The van der Waals surface area contributed by atoms with E-state index in [4.69, 9.17) is 4.74 Å². The molecule has 1 fully saturated rings. The summed E-state index contributed by atoms with van der Waals surface area (Å²) in [5, 5.41) is 11.6. The lowest BCUT2D eigenvalue weighted by Crippen LogP contribution is -2.25. The van der Waals surface area contributed by atoms with E-state index in [0.29, 0.717) is 5.95 Å². The number of ether oxygens (including phenoxy) is 1. The minimum absolute atomic E-state index is 0.278. The Kier molecular flexibility index (Phi) is 5.37. The Morgan fingerprint density at radius 3 is 2.91 bits per heavy atom. The van der Waals surface area contributed by atoms with Gasteiger partial charge in [0.15, 0.2) is 5.82 Å². The summed E-state index contributed by atoms with van der Waals surface area (Å²) >= 11 is 0. The molecule has 1 saturated heterocycles. The maximum absolute atomic E-state index is 5.62. The summed E-state index contributed by atoms with van der Waals surface area (Å²) in [6.07, 6.45) is 4.18. The number of hydrogen-bond acceptors (Lipinski definition) is 6. The second kappa shape index (κ2) is 7.87. The van der Waals surface area contributed by atoms with E-state index in [-0.39, 0.29) is 6.10 Å². The molecule has 23 heavy (non-hydrogen) atoms. The van der Waals surface area contributed by atoms with Crippen LogP contribution in [0, 0.1) is 0 Å². The highest BCUT2D eigenvalue weighted by molar-refractivity contribution is 5.39. The standard InChI is InChI=1S/C17H23N5O/c1-2-22(13-14-7-4-3-5-8-14)17-20-16(12-19-21-17)18-11-15-9-6-10-23-15/h3-5,7-8,12,15H,2,6,9-11,13H2,1H3,(H,18,20,21). The van der Waals surface area contributed by atoms with E-state index in [0.717, 1.165) is 44.9 Å². The maximum atomic E-state index is 5.62. The lowest BCUT2D eigenvalue weighted by molar-refractivity contribution is 0.120. The van der Waals surface area contributed by atoms with Crippen molar-refractivity contribution in [3.63, 3.8) is 0 Å². The van der Waals surface area contributed by atoms with E-state index < -0.39 is 0 Å². The maximum Gasteiger partial charge on any atom is 0.247 e. The number of aromatic nitrogens is 3. The normalized spacial score (nSPS) is 17.2. The van der Waals surface area contributed by atoms with Crippen molar-refractivity contribution in [3.8, 4) is 0 Å². The van der Waals surface area contributed by atoms with Gasteiger partial charge >= 0.3 is 0 Å². The zero-order valence-corrected chi connectivity index (χ0v) is 13.5. The molecule has 2 aromatic rings. The number of anilines is 2. The fourth-order valence-corrected chi connectivity index (χ4v) is 2.66. The van der Waals surface area contributed by atoms with Crippen LogP contribution in [0.4, 0.5) is 11.8 Å². The monoisotopic (exact) mass is 313 g/mol. The van der Waals surface area contributed by atoms with E-state index in [9.17, 15) is 0 Å². The summed E-state index contributed by atoms with van der Waals surface area (Å²) in [6, 6.07) is 10.3. The van der Waals surface area contributed by atoms with Crippen LogP contribution >= 0.6 is 0 Å². The molecule has 0 amide bonds. The van der Waals surface area contributed by atoms with Crippen LogP contribution in [0.3, 0.4) is 0 Å². The minimum atomic E-state index is 0.278. The summed E-state index contributed by atoms with van der Waals surface area (Å²) in [6.45, 7) is 5.32. The van der Waals surface area contributed by atoms with Crippen molar-refractivity contribution in [2.24, 2.45) is 0 Å². The van der Waals surface area contributed by atoms with E-state index in [1.807, 2.05) is 18.2 Å². The van der Waals surface area contributed by atoms with Gasteiger partial charge in [-0.3, -0.25) is 0 Å². The van der Waals surface area contributed by atoms with Gasteiger partial charge in [0.1, 0.15) is 0 Å². The van der Waals surface area contributed by atoms with Crippen molar-refractivity contribution >= 4 is 11.8 Å². The molecule has 0 aliphatic carbocycles. The van der Waals surface area contributed by atoms with E-state index in [2.05, 4.69) is 44.5 Å². The average molecular weight is 313 g/mol. The highest BCUT2D eigenvalue weighted by Crippen LogP contribution is 2.15. The van der Waals surface area contributed by atoms with E-state index >= 15 is 0 Å². The molecule has 1 N–H and O–H groups in total. The molecule has 1 atom stereocenters. The minimum Gasteiger partial charge on any atom is -0.376 e. The molecule has 3 rings (SSSR count). The molecule has 1 aliphatic heterocycles. The second-order valence-electron chi connectivity index (χ2n) is 5.66. The summed E-state index contributed by atoms with van der Waals surface area (Å²) in [5.41, 5.74) is 1.23. The molecule has 0 spiro atoms. The van der Waals surface area contributed by atoms with E-state index in [1.54, 1.807) is 6.20 Å². The molecule has 1 aromatic carbocycles. The first kappa shape index (κ1) is 15.7. The topological polar surface area (TPSA) is 63.2 Å². The highest BCUT2D eigenvalue weighted by atomic mass is 16.5. The van der Waals surface area contributed by atoms with Gasteiger partial charge in [-0.2, -0.15) is 10.1 Å². The van der Waals surface area contributed by atoms with Crippen molar-refractivity contribution in [2.45, 2.75) is 32.4 Å². The van der Waals surface area contributed by atoms with Crippen LogP contribution in [0.15, 0.2) is 36.5 Å². The molecule has 0 radical (unpaired) electrons. The third kappa shape index (κ3) is 4.39. The molecule has 0 saturated carbocycles. The van der Waals surface area contributed by atoms with Crippen LogP contribution < -0.4 is 10.2 Å². The van der Waals surface area contributed by atoms with Crippen molar-refractivity contribution in [3.05, 3.63) is 42.1 Å². The van der Waals surface area contributed by atoms with Gasteiger partial charge in [0.05, 0.1) is 12.3 Å². The van der Waals surface area contributed by atoms with Gasteiger partial charge in [-0.25, -0.2) is 0 Å². The lowest BCUT2D eigenvalue weighted by atomic mass is 10.2. The Morgan fingerprint density at radius 1 is 1.30 bits per heavy atom. The third-order valence-corrected chi connectivity index (χ3v) is 3.96. The molecule has 2 heterocycles. The Morgan fingerprint density at radius 2 is 2.17 bits per heavy atom. The number of nitrogens with one attached hydrogen (secondary N) is 1. The summed E-state index contributed by atoms with van der Waals surface area (Å²) in [7, 11) is 0.